The van der Waals surface area contributed by atoms with Crippen LogP contribution >= 0.6 is 0 Å². The van der Waals surface area contributed by atoms with Crippen molar-refractivity contribution in [1.29, 1.82) is 0 Å². The lowest BCUT2D eigenvalue weighted by atomic mass is 10.0. The number of rotatable bonds is 3. The number of fused-ring (bicyclic) bond motifs is 1. The fraction of sp³-hybridized carbons (Fsp3) is 0.381. The van der Waals surface area contributed by atoms with Gasteiger partial charge in [-0.2, -0.15) is 5.10 Å². The van der Waals surface area contributed by atoms with Crippen LogP contribution in [0.5, 0.6) is 5.75 Å². The van der Waals surface area contributed by atoms with E-state index in [-0.39, 0.29) is 11.9 Å². The number of pyridine rings is 1. The number of aromatic nitrogens is 3. The van der Waals surface area contributed by atoms with E-state index >= 15 is 0 Å². The van der Waals surface area contributed by atoms with Crippen LogP contribution in [0.1, 0.15) is 46.2 Å². The maximum absolute atomic E-state index is 13.5. The summed E-state index contributed by atoms with van der Waals surface area (Å²) in [6.07, 6.45) is 1.97. The second-order valence-electron chi connectivity index (χ2n) is 7.15. The number of nitrogens with zero attached hydrogens (tertiary/aromatic N) is 4. The van der Waals surface area contributed by atoms with Gasteiger partial charge in [0, 0.05) is 19.3 Å². The Morgan fingerprint density at radius 1 is 1.22 bits per heavy atom. The first kappa shape index (κ1) is 17.5. The van der Waals surface area contributed by atoms with E-state index in [2.05, 4.69) is 22.2 Å². The van der Waals surface area contributed by atoms with E-state index in [4.69, 9.17) is 4.74 Å². The molecule has 1 amide bonds. The van der Waals surface area contributed by atoms with Crippen LogP contribution < -0.4 is 4.74 Å². The van der Waals surface area contributed by atoms with Gasteiger partial charge in [0.1, 0.15) is 5.75 Å². The summed E-state index contributed by atoms with van der Waals surface area (Å²) in [5.41, 5.74) is 4.27. The Balaban J connectivity index is 1.74. The number of methoxy groups -OCH3 is 1. The Hall–Kier alpha value is -2.89. The Bertz CT molecular complexity index is 1010. The van der Waals surface area contributed by atoms with E-state index < -0.39 is 0 Å². The van der Waals surface area contributed by atoms with Crippen molar-refractivity contribution >= 4 is 16.9 Å². The maximum atomic E-state index is 13.5. The second kappa shape index (κ2) is 6.68. The first-order valence-electron chi connectivity index (χ1n) is 9.25. The molecular formula is C21H24N4O2. The summed E-state index contributed by atoms with van der Waals surface area (Å²) in [6, 6.07) is 9.99. The Labute approximate surface area is 158 Å². The average Bonchev–Trinajstić information content (AvgIpc) is 3.26. The van der Waals surface area contributed by atoms with E-state index in [0.29, 0.717) is 5.56 Å². The molecule has 1 fully saturated rings. The minimum absolute atomic E-state index is 0.0555. The number of benzene rings is 1. The van der Waals surface area contributed by atoms with Gasteiger partial charge in [0.15, 0.2) is 5.65 Å². The Morgan fingerprint density at radius 3 is 2.67 bits per heavy atom. The molecule has 0 spiro atoms. The van der Waals surface area contributed by atoms with E-state index in [0.717, 1.165) is 53.1 Å². The molecule has 4 rings (SSSR count). The molecule has 0 N–H and O–H groups in total. The molecule has 0 saturated carbocycles. The maximum Gasteiger partial charge on any atom is 0.255 e. The summed E-state index contributed by atoms with van der Waals surface area (Å²) in [6.45, 7) is 4.61. The van der Waals surface area contributed by atoms with Crippen molar-refractivity contribution in [3.63, 3.8) is 0 Å². The standard InChI is InChI=1S/C21H24N4O2/c1-13-12-17(19-14(2)23-24(3)20(19)22-13)21(26)25-11-5-6-18(25)15-7-9-16(27-4)10-8-15/h7-10,12,18H,5-6,11H2,1-4H3. The molecule has 2 aromatic heterocycles. The van der Waals surface area contributed by atoms with Crippen molar-refractivity contribution in [3.05, 3.63) is 52.8 Å². The van der Waals surface area contributed by atoms with Crippen molar-refractivity contribution in [2.24, 2.45) is 7.05 Å². The van der Waals surface area contributed by atoms with Gasteiger partial charge in [-0.05, 0) is 50.5 Å². The largest absolute Gasteiger partial charge is 0.497 e. The fourth-order valence-corrected chi connectivity index (χ4v) is 4.08. The van der Waals surface area contributed by atoms with Crippen molar-refractivity contribution in [3.8, 4) is 5.75 Å². The number of carbonyl (C=O) groups is 1. The van der Waals surface area contributed by atoms with Crippen LogP contribution in [0.15, 0.2) is 30.3 Å². The number of hydrogen-bond acceptors (Lipinski definition) is 4. The molecule has 3 aromatic rings. The second-order valence-corrected chi connectivity index (χ2v) is 7.15. The number of aryl methyl sites for hydroxylation is 3. The predicted octanol–water partition coefficient (Wildman–Crippen LogP) is 3.57. The first-order chi connectivity index (χ1) is 13.0. The summed E-state index contributed by atoms with van der Waals surface area (Å²) in [5, 5.41) is 5.32. The molecule has 0 radical (unpaired) electrons. The van der Waals surface area contributed by atoms with Gasteiger partial charge in [-0.25, -0.2) is 4.98 Å². The van der Waals surface area contributed by atoms with Crippen LogP contribution in [0.3, 0.4) is 0 Å². The highest BCUT2D eigenvalue weighted by atomic mass is 16.5. The molecule has 1 saturated heterocycles. The van der Waals surface area contributed by atoms with E-state index in [1.165, 1.54) is 0 Å². The smallest absolute Gasteiger partial charge is 0.255 e. The van der Waals surface area contributed by atoms with Gasteiger partial charge in [0.05, 0.1) is 29.8 Å². The highest BCUT2D eigenvalue weighted by molar-refractivity contribution is 6.06. The lowest BCUT2D eigenvalue weighted by Gasteiger charge is -2.26. The van der Waals surface area contributed by atoms with E-state index in [9.17, 15) is 4.79 Å². The molecular weight excluding hydrogens is 340 g/mol. The third-order valence-corrected chi connectivity index (χ3v) is 5.34. The molecule has 1 atom stereocenters. The van der Waals surface area contributed by atoms with Gasteiger partial charge in [0.2, 0.25) is 0 Å². The Kier molecular flexibility index (Phi) is 4.34. The molecule has 0 aliphatic carbocycles. The zero-order valence-corrected chi connectivity index (χ0v) is 16.2. The first-order valence-corrected chi connectivity index (χ1v) is 9.25. The van der Waals surface area contributed by atoms with Crippen molar-refractivity contribution in [1.82, 2.24) is 19.7 Å². The summed E-state index contributed by atoms with van der Waals surface area (Å²) >= 11 is 0. The van der Waals surface area contributed by atoms with Crippen LogP contribution in [0.25, 0.3) is 11.0 Å². The van der Waals surface area contributed by atoms with Gasteiger partial charge in [-0.1, -0.05) is 12.1 Å². The molecule has 6 nitrogen and oxygen atoms in total. The molecule has 0 bridgehead atoms. The van der Waals surface area contributed by atoms with E-state index in [1.807, 2.05) is 44.0 Å². The monoisotopic (exact) mass is 364 g/mol. The number of amides is 1. The van der Waals surface area contributed by atoms with Gasteiger partial charge >= 0.3 is 0 Å². The molecule has 1 aliphatic rings. The molecule has 3 heterocycles. The van der Waals surface area contributed by atoms with Crippen molar-refractivity contribution in [2.75, 3.05) is 13.7 Å². The number of carbonyl (C=O) groups excluding carboxylic acids is 1. The molecule has 1 aliphatic heterocycles. The van der Waals surface area contributed by atoms with Gasteiger partial charge in [0.25, 0.3) is 5.91 Å². The van der Waals surface area contributed by atoms with E-state index in [1.54, 1.807) is 11.8 Å². The summed E-state index contributed by atoms with van der Waals surface area (Å²) in [7, 11) is 3.53. The molecule has 1 unspecified atom stereocenters. The zero-order valence-electron chi connectivity index (χ0n) is 16.2. The number of hydrogen-bond donors (Lipinski definition) is 0. The minimum atomic E-state index is 0.0555. The average molecular weight is 364 g/mol. The summed E-state index contributed by atoms with van der Waals surface area (Å²) in [4.78, 5) is 20.1. The normalized spacial score (nSPS) is 16.9. The molecule has 140 valence electrons. The Morgan fingerprint density at radius 2 is 1.96 bits per heavy atom. The molecule has 1 aromatic carbocycles. The minimum Gasteiger partial charge on any atom is -0.497 e. The predicted molar refractivity (Wildman–Crippen MR) is 104 cm³/mol. The van der Waals surface area contributed by atoms with Gasteiger partial charge < -0.3 is 9.64 Å². The van der Waals surface area contributed by atoms with Gasteiger partial charge in [-0.3, -0.25) is 9.48 Å². The fourth-order valence-electron chi connectivity index (χ4n) is 4.08. The number of likely N-dealkylation sites (tertiary alicyclic amines) is 1. The van der Waals surface area contributed by atoms with Crippen LogP contribution in [-0.4, -0.2) is 39.2 Å². The van der Waals surface area contributed by atoms with Crippen molar-refractivity contribution < 1.29 is 9.53 Å². The van der Waals surface area contributed by atoms with Crippen molar-refractivity contribution in [2.45, 2.75) is 32.7 Å². The van der Waals surface area contributed by atoms with Crippen LogP contribution in [-0.2, 0) is 7.05 Å². The highest BCUT2D eigenvalue weighted by Crippen LogP contribution is 2.35. The third kappa shape index (κ3) is 2.95. The van der Waals surface area contributed by atoms with Gasteiger partial charge in [-0.15, -0.1) is 0 Å². The zero-order chi connectivity index (χ0) is 19.1. The van der Waals surface area contributed by atoms with Crippen LogP contribution in [0.2, 0.25) is 0 Å². The van der Waals surface area contributed by atoms with Crippen LogP contribution in [0, 0.1) is 13.8 Å². The topological polar surface area (TPSA) is 60.2 Å². The lowest BCUT2D eigenvalue weighted by Crippen LogP contribution is -2.31. The summed E-state index contributed by atoms with van der Waals surface area (Å²) < 4.78 is 7.00. The third-order valence-electron chi connectivity index (χ3n) is 5.34. The molecule has 27 heavy (non-hydrogen) atoms. The molecule has 6 heteroatoms. The van der Waals surface area contributed by atoms with Crippen LogP contribution in [0.4, 0.5) is 0 Å². The highest BCUT2D eigenvalue weighted by Gasteiger charge is 2.32. The number of ether oxygens (including phenoxy) is 1. The quantitative estimate of drug-likeness (QED) is 0.713. The SMILES string of the molecule is COc1ccc(C2CCCN2C(=O)c2cc(C)nc3c2c(C)nn3C)cc1. The summed E-state index contributed by atoms with van der Waals surface area (Å²) in [5.74, 6) is 0.881. The lowest BCUT2D eigenvalue weighted by molar-refractivity contribution is 0.0737.